The molecule has 3 rings (SSSR count). The molecule has 1 atom stereocenters. The molecule has 1 aliphatic heterocycles. The number of hydrogen-bond donors (Lipinski definition) is 4. The van der Waals surface area contributed by atoms with E-state index in [9.17, 15) is 9.59 Å². The Morgan fingerprint density at radius 3 is 2.70 bits per heavy atom. The van der Waals surface area contributed by atoms with Gasteiger partial charge in [0.05, 0.1) is 6.61 Å². The van der Waals surface area contributed by atoms with Gasteiger partial charge in [0.1, 0.15) is 5.54 Å². The highest BCUT2D eigenvalue weighted by molar-refractivity contribution is 6.00. The fourth-order valence-electron chi connectivity index (χ4n) is 3.91. The lowest BCUT2D eigenvalue weighted by molar-refractivity contribution is -0.123. The van der Waals surface area contributed by atoms with Crippen molar-refractivity contribution in [3.8, 4) is 0 Å². The molecule has 0 bridgehead atoms. The Bertz CT molecular complexity index is 646. The van der Waals surface area contributed by atoms with E-state index in [1.807, 2.05) is 19.9 Å². The number of ether oxygens (including phenoxy) is 1. The summed E-state index contributed by atoms with van der Waals surface area (Å²) in [6, 6.07) is 1.59. The number of carbonyl (C=O) groups is 2. The van der Waals surface area contributed by atoms with Crippen LogP contribution in [0.1, 0.15) is 70.4 Å². The summed E-state index contributed by atoms with van der Waals surface area (Å²) in [7, 11) is 0. The van der Waals surface area contributed by atoms with E-state index in [0.29, 0.717) is 25.3 Å². The number of nitrogens with zero attached hydrogens (tertiary/aromatic N) is 1. The van der Waals surface area contributed by atoms with Crippen LogP contribution < -0.4 is 16.0 Å². The van der Waals surface area contributed by atoms with Crippen LogP contribution in [0.4, 0.5) is 10.6 Å². The highest BCUT2D eigenvalue weighted by Gasteiger charge is 2.41. The minimum atomic E-state index is -0.885. The molecule has 0 spiro atoms. The average Bonchev–Trinajstić information content (AvgIpc) is 3.11. The number of urea groups is 1. The number of anilines is 1. The molecule has 2 fully saturated rings. The summed E-state index contributed by atoms with van der Waals surface area (Å²) in [5.41, 5.74) is 0.0952. The normalized spacial score (nSPS) is 22.3. The zero-order chi connectivity index (χ0) is 19.3. The second-order valence-electron chi connectivity index (χ2n) is 7.97. The Morgan fingerprint density at radius 2 is 2.04 bits per heavy atom. The summed E-state index contributed by atoms with van der Waals surface area (Å²) in [6.07, 6.45) is 6.27. The number of amides is 3. The molecular formula is C19H31N5O3. The molecule has 1 aliphatic carbocycles. The topological polar surface area (TPSA) is 108 Å². The molecule has 150 valence electrons. The quantitative estimate of drug-likeness (QED) is 0.632. The second-order valence-corrected chi connectivity index (χ2v) is 7.97. The lowest BCUT2D eigenvalue weighted by Gasteiger charge is -2.36. The van der Waals surface area contributed by atoms with Gasteiger partial charge in [-0.05, 0) is 39.5 Å². The summed E-state index contributed by atoms with van der Waals surface area (Å²) in [5, 5.41) is 15.9. The van der Waals surface area contributed by atoms with Crippen LogP contribution in [0.5, 0.6) is 0 Å². The number of nitrogens with one attached hydrogen (secondary N) is 4. The Hall–Kier alpha value is -2.09. The smallest absolute Gasteiger partial charge is 0.315 e. The molecule has 4 N–H and O–H groups in total. The van der Waals surface area contributed by atoms with Crippen molar-refractivity contribution in [1.29, 1.82) is 0 Å². The molecule has 1 saturated carbocycles. The molecule has 1 saturated heterocycles. The average molecular weight is 377 g/mol. The molecule has 0 radical (unpaired) electrons. The molecule has 1 aromatic rings. The van der Waals surface area contributed by atoms with Crippen molar-refractivity contribution >= 4 is 17.8 Å². The van der Waals surface area contributed by atoms with Gasteiger partial charge in [-0.2, -0.15) is 5.10 Å². The lowest BCUT2D eigenvalue weighted by Crippen LogP contribution is -2.60. The van der Waals surface area contributed by atoms with Crippen LogP contribution in [0.25, 0.3) is 0 Å². The van der Waals surface area contributed by atoms with E-state index < -0.39 is 5.54 Å². The largest absolute Gasteiger partial charge is 0.381 e. The second kappa shape index (κ2) is 8.73. The zero-order valence-corrected chi connectivity index (χ0v) is 16.3. The van der Waals surface area contributed by atoms with Gasteiger partial charge in [-0.1, -0.05) is 19.3 Å². The fourth-order valence-corrected chi connectivity index (χ4v) is 3.91. The van der Waals surface area contributed by atoms with Gasteiger partial charge in [0, 0.05) is 30.3 Å². The minimum absolute atomic E-state index is 0.0142. The highest BCUT2D eigenvalue weighted by atomic mass is 16.5. The molecule has 8 heteroatoms. The first kappa shape index (κ1) is 19.7. The van der Waals surface area contributed by atoms with E-state index in [0.717, 1.165) is 44.4 Å². The summed E-state index contributed by atoms with van der Waals surface area (Å²) >= 11 is 0. The summed E-state index contributed by atoms with van der Waals surface area (Å²) in [6.45, 7) is 5.28. The van der Waals surface area contributed by atoms with Crippen molar-refractivity contribution < 1.29 is 14.3 Å². The van der Waals surface area contributed by atoms with Gasteiger partial charge in [0.2, 0.25) is 0 Å². The van der Waals surface area contributed by atoms with Crippen LogP contribution in [0.2, 0.25) is 0 Å². The van der Waals surface area contributed by atoms with Crippen LogP contribution in [-0.2, 0) is 9.53 Å². The van der Waals surface area contributed by atoms with Crippen molar-refractivity contribution in [3.63, 3.8) is 0 Å². The minimum Gasteiger partial charge on any atom is -0.381 e. The number of aromatic amines is 1. The first-order valence-electron chi connectivity index (χ1n) is 10.0. The standard InChI is InChI=1S/C19H31N5O3/c1-13(2)20-18(26)22-19(8-4-3-5-9-19)17(25)21-16-11-15(23-24-16)14-7-6-10-27-12-14/h11,13-14H,3-10,12H2,1-2H3,(H2,20,22,26)(H2,21,23,24,25). The number of aromatic nitrogens is 2. The predicted octanol–water partition coefficient (Wildman–Crippen LogP) is 2.65. The summed E-state index contributed by atoms with van der Waals surface area (Å²) < 4.78 is 5.52. The van der Waals surface area contributed by atoms with Gasteiger partial charge in [0.15, 0.2) is 5.82 Å². The van der Waals surface area contributed by atoms with Crippen molar-refractivity contribution in [2.45, 2.75) is 76.3 Å². The Balaban J connectivity index is 1.67. The van der Waals surface area contributed by atoms with Gasteiger partial charge >= 0.3 is 6.03 Å². The molecule has 1 unspecified atom stereocenters. The highest BCUT2D eigenvalue weighted by Crippen LogP contribution is 2.30. The van der Waals surface area contributed by atoms with Crippen molar-refractivity contribution in [2.75, 3.05) is 18.5 Å². The van der Waals surface area contributed by atoms with Crippen LogP contribution >= 0.6 is 0 Å². The fraction of sp³-hybridized carbons (Fsp3) is 0.737. The number of H-pyrrole nitrogens is 1. The molecule has 2 aliphatic rings. The van der Waals surface area contributed by atoms with Crippen molar-refractivity contribution in [1.82, 2.24) is 20.8 Å². The van der Waals surface area contributed by atoms with Gasteiger partial charge in [-0.15, -0.1) is 0 Å². The monoisotopic (exact) mass is 377 g/mol. The van der Waals surface area contributed by atoms with Gasteiger partial charge in [-0.25, -0.2) is 4.79 Å². The first-order valence-corrected chi connectivity index (χ1v) is 10.0. The maximum Gasteiger partial charge on any atom is 0.315 e. The van der Waals surface area contributed by atoms with Gasteiger partial charge in [-0.3, -0.25) is 9.89 Å². The van der Waals surface area contributed by atoms with E-state index in [2.05, 4.69) is 26.1 Å². The van der Waals surface area contributed by atoms with Gasteiger partial charge < -0.3 is 20.7 Å². The van der Waals surface area contributed by atoms with E-state index in [1.165, 1.54) is 0 Å². The number of carbonyl (C=O) groups excluding carboxylic acids is 2. The molecule has 8 nitrogen and oxygen atoms in total. The van der Waals surface area contributed by atoms with Crippen LogP contribution in [0.15, 0.2) is 6.07 Å². The Morgan fingerprint density at radius 1 is 1.26 bits per heavy atom. The molecule has 3 amide bonds. The van der Waals surface area contributed by atoms with Crippen LogP contribution in [-0.4, -0.2) is 46.9 Å². The predicted molar refractivity (Wildman–Crippen MR) is 103 cm³/mol. The van der Waals surface area contributed by atoms with Crippen LogP contribution in [0.3, 0.4) is 0 Å². The Kier molecular flexibility index (Phi) is 6.36. The molecule has 2 heterocycles. The third-order valence-corrected chi connectivity index (χ3v) is 5.35. The van der Waals surface area contributed by atoms with E-state index in [1.54, 1.807) is 0 Å². The van der Waals surface area contributed by atoms with Crippen LogP contribution in [0, 0.1) is 0 Å². The maximum absolute atomic E-state index is 13.1. The van der Waals surface area contributed by atoms with Gasteiger partial charge in [0.25, 0.3) is 5.91 Å². The first-order chi connectivity index (χ1) is 13.0. The van der Waals surface area contributed by atoms with Crippen molar-refractivity contribution in [2.24, 2.45) is 0 Å². The van der Waals surface area contributed by atoms with E-state index in [4.69, 9.17) is 4.74 Å². The number of hydrogen-bond acceptors (Lipinski definition) is 4. The van der Waals surface area contributed by atoms with E-state index >= 15 is 0 Å². The summed E-state index contributed by atoms with van der Waals surface area (Å²) in [5.74, 6) is 0.589. The molecular weight excluding hydrogens is 346 g/mol. The third kappa shape index (κ3) is 5.00. The molecule has 0 aromatic carbocycles. The van der Waals surface area contributed by atoms with E-state index in [-0.39, 0.29) is 23.9 Å². The molecule has 27 heavy (non-hydrogen) atoms. The number of rotatable bonds is 5. The Labute approximate surface area is 160 Å². The maximum atomic E-state index is 13.1. The third-order valence-electron chi connectivity index (χ3n) is 5.35. The zero-order valence-electron chi connectivity index (χ0n) is 16.3. The van der Waals surface area contributed by atoms with Crippen molar-refractivity contribution in [3.05, 3.63) is 11.8 Å². The molecule has 1 aromatic heterocycles. The summed E-state index contributed by atoms with van der Waals surface area (Å²) in [4.78, 5) is 25.3. The lowest BCUT2D eigenvalue weighted by atomic mass is 9.81. The SMILES string of the molecule is CC(C)NC(=O)NC1(C(=O)Nc2cc(C3CCCOC3)[nH]n2)CCCCC1.